The molecule has 1 fully saturated rings. The van der Waals surface area contributed by atoms with Crippen molar-refractivity contribution >= 4 is 0 Å². The zero-order valence-corrected chi connectivity index (χ0v) is 11.3. The summed E-state index contributed by atoms with van der Waals surface area (Å²) in [6, 6.07) is 11.2. The number of nitrogens with zero attached hydrogens (tertiary/aromatic N) is 1. The molecule has 1 aromatic rings. The van der Waals surface area contributed by atoms with E-state index in [0.29, 0.717) is 6.04 Å². The van der Waals surface area contributed by atoms with Crippen molar-refractivity contribution in [3.8, 4) is 0 Å². The summed E-state index contributed by atoms with van der Waals surface area (Å²) in [5.41, 5.74) is 1.40. The highest BCUT2D eigenvalue weighted by atomic mass is 16.5. The van der Waals surface area contributed by atoms with Gasteiger partial charge in [0.15, 0.2) is 0 Å². The Labute approximate surface area is 110 Å². The molecule has 0 aliphatic carbocycles. The third-order valence-electron chi connectivity index (χ3n) is 3.51. The monoisotopic (exact) mass is 248 g/mol. The van der Waals surface area contributed by atoms with E-state index in [4.69, 9.17) is 4.74 Å². The highest BCUT2D eigenvalue weighted by Gasteiger charge is 2.18. The van der Waals surface area contributed by atoms with Gasteiger partial charge in [-0.3, -0.25) is 0 Å². The minimum atomic E-state index is 0.469. The second-order valence-electron chi connectivity index (χ2n) is 4.92. The molecule has 1 unspecified atom stereocenters. The average Bonchev–Trinajstić information content (AvgIpc) is 2.66. The van der Waals surface area contributed by atoms with Gasteiger partial charge in [0, 0.05) is 32.8 Å². The molecule has 0 spiro atoms. The molecule has 1 aromatic carbocycles. The van der Waals surface area contributed by atoms with Crippen LogP contribution in [-0.2, 0) is 4.74 Å². The Bertz CT molecular complexity index is 329. The van der Waals surface area contributed by atoms with Gasteiger partial charge in [-0.25, -0.2) is 0 Å². The van der Waals surface area contributed by atoms with Crippen molar-refractivity contribution in [3.05, 3.63) is 35.9 Å². The third-order valence-corrected chi connectivity index (χ3v) is 3.51. The zero-order valence-electron chi connectivity index (χ0n) is 11.3. The number of ether oxygens (including phenoxy) is 1. The van der Waals surface area contributed by atoms with Crippen LogP contribution in [0.1, 0.15) is 24.4 Å². The summed E-state index contributed by atoms with van der Waals surface area (Å²) in [6.45, 7) is 5.41. The van der Waals surface area contributed by atoms with Crippen LogP contribution < -0.4 is 5.32 Å². The molecule has 1 aliphatic heterocycles. The Morgan fingerprint density at radius 3 is 2.94 bits per heavy atom. The van der Waals surface area contributed by atoms with Crippen LogP contribution in [0.3, 0.4) is 0 Å². The van der Waals surface area contributed by atoms with Crippen LogP contribution in [0.4, 0.5) is 0 Å². The normalized spacial score (nSPS) is 21.7. The first kappa shape index (κ1) is 13.5. The molecule has 0 amide bonds. The van der Waals surface area contributed by atoms with Crippen LogP contribution in [0, 0.1) is 0 Å². The fraction of sp³-hybridized carbons (Fsp3) is 0.600. The van der Waals surface area contributed by atoms with Crippen molar-refractivity contribution in [2.75, 3.05) is 39.9 Å². The summed E-state index contributed by atoms with van der Waals surface area (Å²) < 4.78 is 5.13. The quantitative estimate of drug-likeness (QED) is 0.807. The standard InChI is InChI=1S/C15H24N2O/c1-18-12-6-11-17-10-5-9-16-15(13-17)14-7-3-2-4-8-14/h2-4,7-8,15-16H,5-6,9-13H2,1H3. The number of hydrogen-bond acceptors (Lipinski definition) is 3. The van der Waals surface area contributed by atoms with Crippen molar-refractivity contribution < 1.29 is 4.74 Å². The highest BCUT2D eigenvalue weighted by molar-refractivity contribution is 5.19. The fourth-order valence-electron chi connectivity index (χ4n) is 2.54. The summed E-state index contributed by atoms with van der Waals surface area (Å²) in [4.78, 5) is 2.55. The summed E-state index contributed by atoms with van der Waals surface area (Å²) in [5, 5.41) is 3.65. The van der Waals surface area contributed by atoms with E-state index in [1.807, 2.05) is 0 Å². The maximum absolute atomic E-state index is 5.13. The molecular formula is C15H24N2O. The van der Waals surface area contributed by atoms with Gasteiger partial charge in [0.1, 0.15) is 0 Å². The van der Waals surface area contributed by atoms with E-state index in [1.165, 1.54) is 18.5 Å². The maximum atomic E-state index is 5.13. The minimum Gasteiger partial charge on any atom is -0.385 e. The minimum absolute atomic E-state index is 0.469. The Morgan fingerprint density at radius 1 is 1.33 bits per heavy atom. The van der Waals surface area contributed by atoms with Crippen molar-refractivity contribution in [1.82, 2.24) is 10.2 Å². The van der Waals surface area contributed by atoms with Crippen LogP contribution >= 0.6 is 0 Å². The number of nitrogens with one attached hydrogen (secondary N) is 1. The molecule has 0 radical (unpaired) electrons. The molecule has 18 heavy (non-hydrogen) atoms. The lowest BCUT2D eigenvalue weighted by molar-refractivity contribution is 0.171. The SMILES string of the molecule is COCCCN1CCCNC(c2ccccc2)C1. The van der Waals surface area contributed by atoms with E-state index in [-0.39, 0.29) is 0 Å². The Hall–Kier alpha value is -0.900. The van der Waals surface area contributed by atoms with Gasteiger partial charge in [-0.2, -0.15) is 0 Å². The molecule has 0 bridgehead atoms. The summed E-state index contributed by atoms with van der Waals surface area (Å²) in [6.07, 6.45) is 2.36. The van der Waals surface area contributed by atoms with E-state index >= 15 is 0 Å². The summed E-state index contributed by atoms with van der Waals surface area (Å²) in [7, 11) is 1.77. The molecule has 100 valence electrons. The van der Waals surface area contributed by atoms with E-state index < -0.39 is 0 Å². The lowest BCUT2D eigenvalue weighted by Crippen LogP contribution is -2.32. The molecular weight excluding hydrogens is 224 g/mol. The maximum Gasteiger partial charge on any atom is 0.0474 e. The highest BCUT2D eigenvalue weighted by Crippen LogP contribution is 2.16. The lowest BCUT2D eigenvalue weighted by Gasteiger charge is -2.24. The Morgan fingerprint density at radius 2 is 2.17 bits per heavy atom. The first-order valence-electron chi connectivity index (χ1n) is 6.90. The predicted octanol–water partition coefficient (Wildman–Crippen LogP) is 2.06. The smallest absolute Gasteiger partial charge is 0.0474 e. The van der Waals surface area contributed by atoms with Crippen LogP contribution in [0.2, 0.25) is 0 Å². The Balaban J connectivity index is 1.91. The predicted molar refractivity (Wildman–Crippen MR) is 74.7 cm³/mol. The second-order valence-corrected chi connectivity index (χ2v) is 4.92. The molecule has 3 heteroatoms. The largest absolute Gasteiger partial charge is 0.385 e. The van der Waals surface area contributed by atoms with Crippen molar-refractivity contribution in [2.45, 2.75) is 18.9 Å². The summed E-state index contributed by atoms with van der Waals surface area (Å²) >= 11 is 0. The fourth-order valence-corrected chi connectivity index (χ4v) is 2.54. The van der Waals surface area contributed by atoms with Crippen molar-refractivity contribution in [3.63, 3.8) is 0 Å². The molecule has 1 aliphatic rings. The van der Waals surface area contributed by atoms with E-state index in [1.54, 1.807) is 7.11 Å². The molecule has 1 N–H and O–H groups in total. The molecule has 3 nitrogen and oxygen atoms in total. The molecule has 1 atom stereocenters. The summed E-state index contributed by atoms with van der Waals surface area (Å²) in [5.74, 6) is 0. The first-order valence-corrected chi connectivity index (χ1v) is 6.90. The van der Waals surface area contributed by atoms with E-state index in [0.717, 1.165) is 32.7 Å². The lowest BCUT2D eigenvalue weighted by atomic mass is 10.1. The first-order chi connectivity index (χ1) is 8.90. The van der Waals surface area contributed by atoms with Crippen LogP contribution in [0.5, 0.6) is 0 Å². The number of rotatable bonds is 5. The van der Waals surface area contributed by atoms with Gasteiger partial charge < -0.3 is 15.0 Å². The second kappa shape index (κ2) is 7.52. The number of methoxy groups -OCH3 is 1. The zero-order chi connectivity index (χ0) is 12.6. The van der Waals surface area contributed by atoms with E-state index in [9.17, 15) is 0 Å². The number of hydrogen-bond donors (Lipinski definition) is 1. The van der Waals surface area contributed by atoms with Gasteiger partial charge in [0.25, 0.3) is 0 Å². The van der Waals surface area contributed by atoms with Crippen molar-refractivity contribution in [1.29, 1.82) is 0 Å². The van der Waals surface area contributed by atoms with Crippen LogP contribution in [0.25, 0.3) is 0 Å². The van der Waals surface area contributed by atoms with Crippen molar-refractivity contribution in [2.24, 2.45) is 0 Å². The van der Waals surface area contributed by atoms with E-state index in [2.05, 4.69) is 40.5 Å². The van der Waals surface area contributed by atoms with Gasteiger partial charge in [0.05, 0.1) is 0 Å². The van der Waals surface area contributed by atoms with Gasteiger partial charge in [0.2, 0.25) is 0 Å². The van der Waals surface area contributed by atoms with Gasteiger partial charge in [-0.1, -0.05) is 30.3 Å². The molecule has 0 saturated carbocycles. The average molecular weight is 248 g/mol. The van der Waals surface area contributed by atoms with Gasteiger partial charge >= 0.3 is 0 Å². The van der Waals surface area contributed by atoms with Gasteiger partial charge in [-0.05, 0) is 31.5 Å². The molecule has 1 saturated heterocycles. The van der Waals surface area contributed by atoms with Crippen LogP contribution in [0.15, 0.2) is 30.3 Å². The molecule has 0 aromatic heterocycles. The topological polar surface area (TPSA) is 24.5 Å². The van der Waals surface area contributed by atoms with Gasteiger partial charge in [-0.15, -0.1) is 0 Å². The molecule has 1 heterocycles. The Kier molecular flexibility index (Phi) is 5.65. The third kappa shape index (κ3) is 4.09. The molecule has 2 rings (SSSR count). The van der Waals surface area contributed by atoms with Crippen LogP contribution in [-0.4, -0.2) is 44.8 Å². The number of benzene rings is 1.